The lowest BCUT2D eigenvalue weighted by molar-refractivity contribution is -0.145. The van der Waals surface area contributed by atoms with Crippen LogP contribution >= 0.6 is 0 Å². The molecule has 0 radical (unpaired) electrons. The number of nitrogens with one attached hydrogen (secondary N) is 1. The van der Waals surface area contributed by atoms with Crippen molar-refractivity contribution in [3.63, 3.8) is 0 Å². The number of rotatable bonds is 8. The lowest BCUT2D eigenvalue weighted by atomic mass is 9.92. The van der Waals surface area contributed by atoms with E-state index >= 15 is 0 Å². The van der Waals surface area contributed by atoms with Crippen molar-refractivity contribution in [1.82, 2.24) is 15.1 Å². The van der Waals surface area contributed by atoms with Crippen LogP contribution in [-0.2, 0) is 4.79 Å². The summed E-state index contributed by atoms with van der Waals surface area (Å²) < 4.78 is 0. The van der Waals surface area contributed by atoms with Crippen molar-refractivity contribution in [2.75, 3.05) is 27.2 Å². The molecule has 0 bridgehead atoms. The zero-order valence-corrected chi connectivity index (χ0v) is 14.5. The highest BCUT2D eigenvalue weighted by atomic mass is 16.4. The highest BCUT2D eigenvalue weighted by Crippen LogP contribution is 2.20. The van der Waals surface area contributed by atoms with E-state index < -0.39 is 11.5 Å². The highest BCUT2D eigenvalue weighted by Gasteiger charge is 2.36. The molecule has 0 aliphatic carbocycles. The van der Waals surface area contributed by atoms with Crippen LogP contribution in [0.2, 0.25) is 0 Å². The smallest absolute Gasteiger partial charge is 0.323 e. The highest BCUT2D eigenvalue weighted by molar-refractivity contribution is 5.78. The van der Waals surface area contributed by atoms with Gasteiger partial charge in [0, 0.05) is 24.7 Å². The van der Waals surface area contributed by atoms with E-state index in [9.17, 15) is 9.90 Å². The molecule has 0 spiro atoms. The first-order chi connectivity index (χ1) is 9.65. The van der Waals surface area contributed by atoms with E-state index in [0.717, 1.165) is 6.54 Å². The summed E-state index contributed by atoms with van der Waals surface area (Å²) in [7, 11) is 4.28. The van der Waals surface area contributed by atoms with Gasteiger partial charge in [-0.1, -0.05) is 0 Å². The fourth-order valence-electron chi connectivity index (χ4n) is 3.31. The van der Waals surface area contributed by atoms with Crippen LogP contribution in [0.3, 0.4) is 0 Å². The zero-order valence-electron chi connectivity index (χ0n) is 14.5. The van der Waals surface area contributed by atoms with Gasteiger partial charge in [0.2, 0.25) is 0 Å². The number of likely N-dealkylation sites (tertiary alicyclic amines) is 1. The van der Waals surface area contributed by atoms with Crippen molar-refractivity contribution >= 4 is 5.97 Å². The minimum atomic E-state index is -0.872. The number of hydrogen-bond donors (Lipinski definition) is 2. The number of likely N-dealkylation sites (N-methyl/N-ethyl adjacent to an activating group) is 2. The van der Waals surface area contributed by atoms with Gasteiger partial charge in [0.05, 0.1) is 0 Å². The number of carboxylic acid groups (broad SMARTS) is 1. The van der Waals surface area contributed by atoms with Crippen LogP contribution in [0.5, 0.6) is 0 Å². The molecule has 1 aliphatic rings. The van der Waals surface area contributed by atoms with Crippen LogP contribution in [0.15, 0.2) is 0 Å². The van der Waals surface area contributed by atoms with Gasteiger partial charge in [0.25, 0.3) is 0 Å². The second-order valence-corrected chi connectivity index (χ2v) is 7.21. The molecule has 0 aromatic carbocycles. The van der Waals surface area contributed by atoms with Crippen molar-refractivity contribution < 1.29 is 9.90 Å². The molecular formula is C16H33N3O2. The topological polar surface area (TPSA) is 55.8 Å². The fraction of sp³-hybridized carbons (Fsp3) is 0.938. The summed E-state index contributed by atoms with van der Waals surface area (Å²) in [5, 5.41) is 12.8. The third kappa shape index (κ3) is 5.24. The molecule has 1 fully saturated rings. The molecule has 124 valence electrons. The molecule has 1 rings (SSSR count). The second kappa shape index (κ2) is 7.56. The van der Waals surface area contributed by atoms with Gasteiger partial charge < -0.3 is 14.9 Å². The maximum atomic E-state index is 11.6. The van der Waals surface area contributed by atoms with Crippen LogP contribution in [-0.4, -0.2) is 71.7 Å². The quantitative estimate of drug-likeness (QED) is 0.713. The standard InChI is InChI=1S/C16H33N3O2/c1-12(2)17-16(4,15(20)21)10-13(3)19(6)11-14-8-7-9-18(14)5/h12-14,17H,7-11H2,1-6H3,(H,20,21). The Morgan fingerprint density at radius 2 is 2.10 bits per heavy atom. The Balaban J connectivity index is 2.59. The lowest BCUT2D eigenvalue weighted by Gasteiger charge is -2.36. The molecule has 0 saturated carbocycles. The lowest BCUT2D eigenvalue weighted by Crippen LogP contribution is -2.56. The monoisotopic (exact) mass is 299 g/mol. The van der Waals surface area contributed by atoms with E-state index in [1.165, 1.54) is 19.4 Å². The fourth-order valence-corrected chi connectivity index (χ4v) is 3.31. The molecule has 1 heterocycles. The van der Waals surface area contributed by atoms with Gasteiger partial charge in [-0.2, -0.15) is 0 Å². The summed E-state index contributed by atoms with van der Waals surface area (Å²) >= 11 is 0. The Morgan fingerprint density at radius 1 is 1.48 bits per heavy atom. The Bertz CT molecular complexity index is 348. The summed E-state index contributed by atoms with van der Waals surface area (Å²) in [6.45, 7) is 10.1. The molecule has 5 nitrogen and oxygen atoms in total. The summed E-state index contributed by atoms with van der Waals surface area (Å²) in [5.74, 6) is -0.769. The number of carbonyl (C=O) groups is 1. The first kappa shape index (κ1) is 18.4. The van der Waals surface area contributed by atoms with Crippen molar-refractivity contribution in [2.24, 2.45) is 0 Å². The normalized spacial score (nSPS) is 24.5. The number of hydrogen-bond acceptors (Lipinski definition) is 4. The summed E-state index contributed by atoms with van der Waals surface area (Å²) in [6.07, 6.45) is 3.12. The van der Waals surface area contributed by atoms with Gasteiger partial charge >= 0.3 is 5.97 Å². The molecule has 0 aromatic rings. The van der Waals surface area contributed by atoms with Gasteiger partial charge in [-0.15, -0.1) is 0 Å². The Morgan fingerprint density at radius 3 is 2.52 bits per heavy atom. The minimum Gasteiger partial charge on any atom is -0.480 e. The number of aliphatic carboxylic acids is 1. The van der Waals surface area contributed by atoms with Gasteiger partial charge in [0.15, 0.2) is 0 Å². The SMILES string of the molecule is CC(C)NC(C)(CC(C)N(C)CC1CCCN1C)C(=O)O. The van der Waals surface area contributed by atoms with E-state index in [4.69, 9.17) is 0 Å². The molecule has 3 unspecified atom stereocenters. The van der Waals surface area contributed by atoms with Crippen LogP contribution in [0.25, 0.3) is 0 Å². The van der Waals surface area contributed by atoms with Crippen LogP contribution in [0, 0.1) is 0 Å². The van der Waals surface area contributed by atoms with Crippen molar-refractivity contribution in [3.8, 4) is 0 Å². The third-order valence-electron chi connectivity index (χ3n) is 4.71. The molecule has 1 saturated heterocycles. The molecular weight excluding hydrogens is 266 g/mol. The van der Waals surface area contributed by atoms with Crippen molar-refractivity contribution in [1.29, 1.82) is 0 Å². The summed E-state index contributed by atoms with van der Waals surface area (Å²) in [6, 6.07) is 0.988. The summed E-state index contributed by atoms with van der Waals surface area (Å²) in [4.78, 5) is 16.3. The van der Waals surface area contributed by atoms with Gasteiger partial charge in [-0.05, 0) is 67.6 Å². The van der Waals surface area contributed by atoms with E-state index in [1.54, 1.807) is 6.92 Å². The Hall–Kier alpha value is -0.650. The molecule has 3 atom stereocenters. The van der Waals surface area contributed by atoms with E-state index in [-0.39, 0.29) is 12.1 Å². The van der Waals surface area contributed by atoms with Crippen LogP contribution in [0.1, 0.15) is 47.0 Å². The molecule has 2 N–H and O–H groups in total. The molecule has 21 heavy (non-hydrogen) atoms. The van der Waals surface area contributed by atoms with E-state index in [1.807, 2.05) is 13.8 Å². The van der Waals surface area contributed by atoms with Gasteiger partial charge in [-0.25, -0.2) is 0 Å². The van der Waals surface area contributed by atoms with Gasteiger partial charge in [-0.3, -0.25) is 10.1 Å². The maximum absolute atomic E-state index is 11.6. The minimum absolute atomic E-state index is 0.157. The van der Waals surface area contributed by atoms with Crippen molar-refractivity contribution in [2.45, 2.75) is 70.6 Å². The average molecular weight is 299 g/mol. The number of nitrogens with zero attached hydrogens (tertiary/aromatic N) is 2. The largest absolute Gasteiger partial charge is 0.480 e. The maximum Gasteiger partial charge on any atom is 0.323 e. The van der Waals surface area contributed by atoms with E-state index in [2.05, 4.69) is 36.1 Å². The molecule has 1 aliphatic heterocycles. The average Bonchev–Trinajstić information content (AvgIpc) is 2.73. The Labute approximate surface area is 129 Å². The Kier molecular flexibility index (Phi) is 6.63. The van der Waals surface area contributed by atoms with Crippen molar-refractivity contribution in [3.05, 3.63) is 0 Å². The summed E-state index contributed by atoms with van der Waals surface area (Å²) in [5.41, 5.74) is -0.872. The predicted octanol–water partition coefficient (Wildman–Crippen LogP) is 1.63. The molecule has 0 amide bonds. The molecule has 5 heteroatoms. The first-order valence-corrected chi connectivity index (χ1v) is 8.07. The number of carboxylic acids is 1. The molecule has 0 aromatic heterocycles. The van der Waals surface area contributed by atoms with Crippen LogP contribution < -0.4 is 5.32 Å². The van der Waals surface area contributed by atoms with Gasteiger partial charge in [0.1, 0.15) is 5.54 Å². The predicted molar refractivity (Wildman–Crippen MR) is 86.7 cm³/mol. The zero-order chi connectivity index (χ0) is 16.2. The second-order valence-electron chi connectivity index (χ2n) is 7.21. The first-order valence-electron chi connectivity index (χ1n) is 8.07. The third-order valence-corrected chi connectivity index (χ3v) is 4.71. The van der Waals surface area contributed by atoms with E-state index in [0.29, 0.717) is 12.5 Å². The van der Waals surface area contributed by atoms with Crippen LogP contribution in [0.4, 0.5) is 0 Å².